The largest absolute Gasteiger partial charge is 0.330 e. The van der Waals surface area contributed by atoms with E-state index in [0.29, 0.717) is 6.54 Å². The van der Waals surface area contributed by atoms with Crippen LogP contribution in [-0.2, 0) is 6.42 Å². The fourth-order valence-corrected chi connectivity index (χ4v) is 2.77. The molecule has 0 bridgehead atoms. The number of hydrogen-bond donors (Lipinski definition) is 1. The van der Waals surface area contributed by atoms with Crippen LogP contribution >= 0.6 is 27.7 Å². The Morgan fingerprint density at radius 1 is 1.28 bits per heavy atom. The number of benzene rings is 1. The van der Waals surface area contributed by atoms with Gasteiger partial charge in [0.25, 0.3) is 0 Å². The van der Waals surface area contributed by atoms with Crippen LogP contribution in [0, 0.1) is 6.92 Å². The molecule has 3 nitrogen and oxygen atoms in total. The third kappa shape index (κ3) is 3.54. The van der Waals surface area contributed by atoms with E-state index in [0.717, 1.165) is 26.5 Å². The minimum absolute atomic E-state index is 0.638. The van der Waals surface area contributed by atoms with Crippen molar-refractivity contribution in [2.24, 2.45) is 5.73 Å². The first-order chi connectivity index (χ1) is 8.69. The summed E-state index contributed by atoms with van der Waals surface area (Å²) in [5, 5.41) is 0.765. The maximum atomic E-state index is 5.64. The van der Waals surface area contributed by atoms with Crippen molar-refractivity contribution in [3.63, 3.8) is 0 Å². The summed E-state index contributed by atoms with van der Waals surface area (Å²) in [5.41, 5.74) is 7.93. The molecule has 0 saturated heterocycles. The molecule has 1 aromatic heterocycles. The lowest BCUT2D eigenvalue weighted by molar-refractivity contribution is 0.929. The molecule has 0 aliphatic carbocycles. The molecule has 2 N–H and O–H groups in total. The minimum atomic E-state index is 0.638. The Kier molecular flexibility index (Phi) is 4.74. The van der Waals surface area contributed by atoms with Gasteiger partial charge >= 0.3 is 0 Å². The van der Waals surface area contributed by atoms with Gasteiger partial charge in [0.1, 0.15) is 0 Å². The van der Waals surface area contributed by atoms with Crippen molar-refractivity contribution in [1.29, 1.82) is 0 Å². The third-order valence-corrected chi connectivity index (χ3v) is 3.90. The monoisotopic (exact) mass is 323 g/mol. The lowest BCUT2D eigenvalue weighted by Gasteiger charge is -2.08. The number of aryl methyl sites for hydroxylation is 1. The van der Waals surface area contributed by atoms with E-state index in [4.69, 9.17) is 5.73 Å². The highest BCUT2D eigenvalue weighted by atomic mass is 79.9. The summed E-state index contributed by atoms with van der Waals surface area (Å²) in [6.45, 7) is 2.62. The minimum Gasteiger partial charge on any atom is -0.330 e. The second kappa shape index (κ2) is 6.31. The number of rotatable bonds is 4. The number of hydrogen-bond acceptors (Lipinski definition) is 4. The first-order valence-corrected chi connectivity index (χ1v) is 7.25. The average molecular weight is 324 g/mol. The summed E-state index contributed by atoms with van der Waals surface area (Å²) in [5.74, 6) is 0. The van der Waals surface area contributed by atoms with Crippen LogP contribution in [0.15, 0.2) is 45.1 Å². The fourth-order valence-electron chi connectivity index (χ4n) is 1.53. The molecule has 94 valence electrons. The fraction of sp³-hybridized carbons (Fsp3) is 0.231. The lowest BCUT2D eigenvalue weighted by atomic mass is 10.1. The Hall–Kier alpha value is -0.910. The summed E-state index contributed by atoms with van der Waals surface area (Å²) in [6, 6.07) is 6.20. The third-order valence-electron chi connectivity index (χ3n) is 2.39. The zero-order valence-corrected chi connectivity index (χ0v) is 12.5. The summed E-state index contributed by atoms with van der Waals surface area (Å²) < 4.78 is 1.07. The van der Waals surface area contributed by atoms with Crippen molar-refractivity contribution in [3.05, 3.63) is 46.2 Å². The summed E-state index contributed by atoms with van der Waals surface area (Å²) >= 11 is 5.05. The van der Waals surface area contributed by atoms with Gasteiger partial charge < -0.3 is 5.73 Å². The smallest absolute Gasteiger partial charge is 0.192 e. The predicted molar refractivity (Wildman–Crippen MR) is 77.8 cm³/mol. The van der Waals surface area contributed by atoms with Gasteiger partial charge in [-0.2, -0.15) is 0 Å². The van der Waals surface area contributed by atoms with E-state index in [1.165, 1.54) is 5.56 Å². The van der Waals surface area contributed by atoms with Gasteiger partial charge in [0.2, 0.25) is 0 Å². The predicted octanol–water partition coefficient (Wildman–Crippen LogP) is 3.20. The van der Waals surface area contributed by atoms with Gasteiger partial charge in [0, 0.05) is 21.8 Å². The molecule has 1 aromatic carbocycles. The molecule has 0 spiro atoms. The maximum Gasteiger partial charge on any atom is 0.192 e. The number of aromatic nitrogens is 2. The van der Waals surface area contributed by atoms with E-state index in [9.17, 15) is 0 Å². The number of nitrogens with two attached hydrogens (primary N) is 1. The van der Waals surface area contributed by atoms with Gasteiger partial charge in [-0.15, -0.1) is 0 Å². The molecular formula is C13H14BrN3S. The second-order valence-corrected chi connectivity index (χ2v) is 5.86. The highest BCUT2D eigenvalue weighted by Gasteiger charge is 2.06. The normalized spacial score (nSPS) is 10.6. The highest BCUT2D eigenvalue weighted by molar-refractivity contribution is 9.10. The molecule has 2 rings (SSSR count). The molecule has 0 amide bonds. The van der Waals surface area contributed by atoms with Crippen molar-refractivity contribution in [2.45, 2.75) is 23.4 Å². The van der Waals surface area contributed by atoms with Crippen molar-refractivity contribution in [1.82, 2.24) is 9.97 Å². The van der Waals surface area contributed by atoms with E-state index in [1.54, 1.807) is 11.8 Å². The van der Waals surface area contributed by atoms with Crippen molar-refractivity contribution in [2.75, 3.05) is 6.54 Å². The van der Waals surface area contributed by atoms with Gasteiger partial charge in [0.05, 0.1) is 0 Å². The Labute approximate surface area is 119 Å². The molecule has 0 unspecified atom stereocenters. The molecule has 1 heterocycles. The summed E-state index contributed by atoms with van der Waals surface area (Å²) in [4.78, 5) is 9.77. The van der Waals surface area contributed by atoms with Crippen molar-refractivity contribution in [3.8, 4) is 0 Å². The van der Waals surface area contributed by atoms with E-state index in [1.807, 2.05) is 25.4 Å². The number of nitrogens with zero attached hydrogens (tertiary/aromatic N) is 2. The molecule has 18 heavy (non-hydrogen) atoms. The second-order valence-electron chi connectivity index (χ2n) is 3.94. The quantitative estimate of drug-likeness (QED) is 0.878. The standard InChI is InChI=1S/C13H14BrN3S/c1-9-7-16-13(17-8-9)18-12-3-2-11(14)6-10(12)4-5-15/h2-3,6-8H,4-5,15H2,1H3. The van der Waals surface area contributed by atoms with Gasteiger partial charge in [0.15, 0.2) is 5.16 Å². The van der Waals surface area contributed by atoms with Crippen LogP contribution in [0.2, 0.25) is 0 Å². The van der Waals surface area contributed by atoms with Crippen LogP contribution in [0.1, 0.15) is 11.1 Å². The lowest BCUT2D eigenvalue weighted by Crippen LogP contribution is -2.03. The molecule has 0 atom stereocenters. The average Bonchev–Trinajstić information content (AvgIpc) is 2.36. The molecule has 5 heteroatoms. The first-order valence-electron chi connectivity index (χ1n) is 5.64. The zero-order chi connectivity index (χ0) is 13.0. The molecule has 0 aliphatic rings. The van der Waals surface area contributed by atoms with Gasteiger partial charge in [-0.1, -0.05) is 15.9 Å². The van der Waals surface area contributed by atoms with Crippen LogP contribution in [0.4, 0.5) is 0 Å². The van der Waals surface area contributed by atoms with Crippen LogP contribution in [0.3, 0.4) is 0 Å². The Morgan fingerprint density at radius 3 is 2.67 bits per heavy atom. The van der Waals surface area contributed by atoms with Crippen LogP contribution in [0.5, 0.6) is 0 Å². The van der Waals surface area contributed by atoms with E-state index in [-0.39, 0.29) is 0 Å². The number of halogens is 1. The Morgan fingerprint density at radius 2 is 2.00 bits per heavy atom. The van der Waals surface area contributed by atoms with Crippen molar-refractivity contribution < 1.29 is 0 Å². The van der Waals surface area contributed by atoms with Gasteiger partial charge in [-0.25, -0.2) is 9.97 Å². The molecule has 0 aliphatic heterocycles. The van der Waals surface area contributed by atoms with E-state index in [2.05, 4.69) is 38.0 Å². The summed E-state index contributed by atoms with van der Waals surface area (Å²) in [6.07, 6.45) is 4.52. The van der Waals surface area contributed by atoms with Crippen LogP contribution < -0.4 is 5.73 Å². The topological polar surface area (TPSA) is 51.8 Å². The molecule has 0 radical (unpaired) electrons. The Bertz CT molecular complexity index is 528. The first kappa shape index (κ1) is 13.5. The maximum absolute atomic E-state index is 5.64. The van der Waals surface area contributed by atoms with Gasteiger partial charge in [-0.3, -0.25) is 0 Å². The van der Waals surface area contributed by atoms with Gasteiger partial charge in [-0.05, 0) is 61.0 Å². The molecule has 0 fully saturated rings. The van der Waals surface area contributed by atoms with Crippen LogP contribution in [0.25, 0.3) is 0 Å². The molecule has 0 saturated carbocycles. The van der Waals surface area contributed by atoms with Crippen LogP contribution in [-0.4, -0.2) is 16.5 Å². The van der Waals surface area contributed by atoms with Crippen molar-refractivity contribution >= 4 is 27.7 Å². The SMILES string of the molecule is Cc1cnc(Sc2ccc(Br)cc2CCN)nc1. The zero-order valence-electron chi connectivity index (χ0n) is 10.1. The summed E-state index contributed by atoms with van der Waals surface area (Å²) in [7, 11) is 0. The van der Waals surface area contributed by atoms with E-state index < -0.39 is 0 Å². The van der Waals surface area contributed by atoms with E-state index >= 15 is 0 Å². The molecular weight excluding hydrogens is 310 g/mol. The highest BCUT2D eigenvalue weighted by Crippen LogP contribution is 2.30. The Balaban J connectivity index is 2.25. The molecule has 2 aromatic rings.